The normalized spacial score (nSPS) is 11.2. The summed E-state index contributed by atoms with van der Waals surface area (Å²) in [5.74, 6) is 0. The summed E-state index contributed by atoms with van der Waals surface area (Å²) >= 11 is 5.69. The Bertz CT molecular complexity index is 500. The lowest BCUT2D eigenvalue weighted by Gasteiger charge is -2.26. The van der Waals surface area contributed by atoms with Crippen molar-refractivity contribution in [3.05, 3.63) is 29.3 Å². The summed E-state index contributed by atoms with van der Waals surface area (Å²) in [5.41, 5.74) is 3.69. The molecule has 1 aromatic carbocycles. The maximum Gasteiger partial charge on any atom is 0.173 e. The van der Waals surface area contributed by atoms with E-state index < -0.39 is 0 Å². The first-order valence-corrected chi connectivity index (χ1v) is 9.41. The van der Waals surface area contributed by atoms with Gasteiger partial charge in [-0.2, -0.15) is 0 Å². The van der Waals surface area contributed by atoms with Gasteiger partial charge >= 0.3 is 0 Å². The largest absolute Gasteiger partial charge is 0.349 e. The molecule has 0 heterocycles. The van der Waals surface area contributed by atoms with E-state index in [1.807, 2.05) is 0 Å². The van der Waals surface area contributed by atoms with Gasteiger partial charge in [-0.1, -0.05) is 6.07 Å². The Hall–Kier alpha value is -1.17. The molecule has 0 fully saturated rings. The molecule has 3 N–H and O–H groups in total. The summed E-state index contributed by atoms with van der Waals surface area (Å²) in [6, 6.07) is 6.43. The SMILES string of the molecule is Cc1ccc(NC(=S)N(CCC[NH+](C)C)CCC[NH+](C)C)cc1C. The van der Waals surface area contributed by atoms with Crippen molar-refractivity contribution >= 4 is 23.0 Å². The highest BCUT2D eigenvalue weighted by molar-refractivity contribution is 7.80. The van der Waals surface area contributed by atoms with Gasteiger partial charge < -0.3 is 20.0 Å². The first-order valence-electron chi connectivity index (χ1n) is 9.01. The van der Waals surface area contributed by atoms with Crippen LogP contribution in [0.3, 0.4) is 0 Å². The minimum absolute atomic E-state index is 0.848. The van der Waals surface area contributed by atoms with E-state index in [2.05, 4.69) is 70.5 Å². The molecular weight excluding hydrogens is 316 g/mol. The first kappa shape index (κ1) is 20.9. The van der Waals surface area contributed by atoms with Gasteiger partial charge in [-0.3, -0.25) is 0 Å². The average Bonchev–Trinajstić information content (AvgIpc) is 2.48. The quantitative estimate of drug-likeness (QED) is 0.560. The van der Waals surface area contributed by atoms with Gasteiger partial charge in [0.2, 0.25) is 0 Å². The summed E-state index contributed by atoms with van der Waals surface area (Å²) in [5, 5.41) is 4.28. The van der Waals surface area contributed by atoms with Crippen molar-refractivity contribution in [2.75, 3.05) is 59.7 Å². The van der Waals surface area contributed by atoms with Crippen LogP contribution >= 0.6 is 12.2 Å². The maximum atomic E-state index is 5.69. The summed E-state index contributed by atoms with van der Waals surface area (Å²) < 4.78 is 0. The fraction of sp³-hybridized carbons (Fsp3) is 0.632. The van der Waals surface area contributed by atoms with Gasteiger partial charge in [-0.05, 0) is 49.3 Å². The Kier molecular flexibility index (Phi) is 9.26. The Morgan fingerprint density at radius 1 is 0.958 bits per heavy atom. The summed E-state index contributed by atoms with van der Waals surface area (Å²) in [7, 11) is 8.80. The number of rotatable bonds is 9. The van der Waals surface area contributed by atoms with Crippen molar-refractivity contribution < 1.29 is 9.80 Å². The van der Waals surface area contributed by atoms with Crippen molar-refractivity contribution in [1.29, 1.82) is 0 Å². The number of nitrogens with one attached hydrogen (secondary N) is 3. The highest BCUT2D eigenvalue weighted by Gasteiger charge is 2.11. The number of aryl methyl sites for hydroxylation is 2. The van der Waals surface area contributed by atoms with Crippen LogP contribution in [-0.2, 0) is 0 Å². The Balaban J connectivity index is 2.64. The molecule has 0 aromatic heterocycles. The molecule has 0 unspecified atom stereocenters. The van der Waals surface area contributed by atoms with E-state index in [0.717, 1.165) is 36.7 Å². The predicted molar refractivity (Wildman–Crippen MR) is 108 cm³/mol. The van der Waals surface area contributed by atoms with Gasteiger partial charge in [-0.15, -0.1) is 0 Å². The van der Waals surface area contributed by atoms with Crippen LogP contribution in [0.1, 0.15) is 24.0 Å². The van der Waals surface area contributed by atoms with Gasteiger partial charge in [0.15, 0.2) is 5.11 Å². The summed E-state index contributed by atoms with van der Waals surface area (Å²) in [4.78, 5) is 5.30. The highest BCUT2D eigenvalue weighted by atomic mass is 32.1. The van der Waals surface area contributed by atoms with E-state index in [1.165, 1.54) is 34.0 Å². The molecule has 0 saturated heterocycles. The smallest absolute Gasteiger partial charge is 0.173 e. The fourth-order valence-corrected chi connectivity index (χ4v) is 2.88. The summed E-state index contributed by atoms with van der Waals surface area (Å²) in [6.45, 7) is 8.65. The second-order valence-corrected chi connectivity index (χ2v) is 7.72. The van der Waals surface area contributed by atoms with E-state index >= 15 is 0 Å². The molecule has 136 valence electrons. The molecule has 5 heteroatoms. The van der Waals surface area contributed by atoms with Gasteiger partial charge in [0.05, 0.1) is 41.3 Å². The molecule has 0 aliphatic heterocycles. The molecule has 4 nitrogen and oxygen atoms in total. The fourth-order valence-electron chi connectivity index (χ4n) is 2.58. The zero-order valence-corrected chi connectivity index (χ0v) is 17.1. The second-order valence-electron chi connectivity index (χ2n) is 7.34. The van der Waals surface area contributed by atoms with Gasteiger partial charge in [-0.25, -0.2) is 0 Å². The van der Waals surface area contributed by atoms with Crippen molar-refractivity contribution in [3.63, 3.8) is 0 Å². The number of hydrogen-bond acceptors (Lipinski definition) is 1. The van der Waals surface area contributed by atoms with Gasteiger partial charge in [0.25, 0.3) is 0 Å². The molecule has 1 aromatic rings. The maximum absolute atomic E-state index is 5.69. The average molecular weight is 353 g/mol. The molecule has 0 aliphatic carbocycles. The van der Waals surface area contributed by atoms with Crippen LogP contribution in [0.4, 0.5) is 5.69 Å². The Labute approximate surface area is 153 Å². The highest BCUT2D eigenvalue weighted by Crippen LogP contribution is 2.15. The minimum atomic E-state index is 0.848. The predicted octanol–water partition coefficient (Wildman–Crippen LogP) is 0.371. The monoisotopic (exact) mass is 352 g/mol. The molecule has 0 saturated carbocycles. The molecular formula is C19H36N4S+2. The minimum Gasteiger partial charge on any atom is -0.349 e. The van der Waals surface area contributed by atoms with Crippen molar-refractivity contribution in [1.82, 2.24) is 4.90 Å². The molecule has 0 spiro atoms. The molecule has 0 amide bonds. The van der Waals surface area contributed by atoms with Crippen LogP contribution in [0.5, 0.6) is 0 Å². The lowest BCUT2D eigenvalue weighted by atomic mass is 10.1. The Morgan fingerprint density at radius 2 is 1.50 bits per heavy atom. The van der Waals surface area contributed by atoms with Gasteiger partial charge in [0, 0.05) is 31.6 Å². The molecule has 0 bridgehead atoms. The molecule has 0 aliphatic rings. The molecule has 0 atom stereocenters. The van der Waals surface area contributed by atoms with Crippen LogP contribution in [0.25, 0.3) is 0 Å². The topological polar surface area (TPSA) is 24.2 Å². The number of nitrogens with zero attached hydrogens (tertiary/aromatic N) is 1. The van der Waals surface area contributed by atoms with Crippen LogP contribution in [0.15, 0.2) is 18.2 Å². The lowest BCUT2D eigenvalue weighted by Crippen LogP contribution is -3.05. The molecule has 0 radical (unpaired) electrons. The third-order valence-electron chi connectivity index (χ3n) is 4.26. The number of anilines is 1. The number of thiocarbonyl (C=S) groups is 1. The Morgan fingerprint density at radius 3 is 1.96 bits per heavy atom. The van der Waals surface area contributed by atoms with E-state index in [4.69, 9.17) is 12.2 Å². The number of hydrogen-bond donors (Lipinski definition) is 3. The third kappa shape index (κ3) is 8.08. The van der Waals surface area contributed by atoms with Crippen molar-refractivity contribution in [2.45, 2.75) is 26.7 Å². The second kappa shape index (κ2) is 10.6. The first-order chi connectivity index (χ1) is 11.3. The third-order valence-corrected chi connectivity index (χ3v) is 4.62. The number of benzene rings is 1. The standard InChI is InChI=1S/C19H34N4S/c1-16-9-10-18(15-17(16)2)20-19(24)23(13-7-11-21(3)4)14-8-12-22(5)6/h9-10,15H,7-8,11-14H2,1-6H3,(H,20,24)/p+2. The van der Waals surface area contributed by atoms with E-state index in [1.54, 1.807) is 0 Å². The zero-order valence-electron chi connectivity index (χ0n) is 16.3. The van der Waals surface area contributed by atoms with Crippen LogP contribution in [0.2, 0.25) is 0 Å². The van der Waals surface area contributed by atoms with Crippen LogP contribution in [0, 0.1) is 13.8 Å². The van der Waals surface area contributed by atoms with E-state index in [-0.39, 0.29) is 0 Å². The molecule has 24 heavy (non-hydrogen) atoms. The summed E-state index contributed by atoms with van der Waals surface area (Å²) in [6.07, 6.45) is 2.32. The van der Waals surface area contributed by atoms with Crippen LogP contribution in [-0.4, -0.2) is 64.4 Å². The molecule has 1 rings (SSSR count). The lowest BCUT2D eigenvalue weighted by molar-refractivity contribution is -0.858. The zero-order chi connectivity index (χ0) is 18.1. The van der Waals surface area contributed by atoms with E-state index in [9.17, 15) is 0 Å². The number of quaternary nitrogens is 2. The van der Waals surface area contributed by atoms with E-state index in [0.29, 0.717) is 0 Å². The van der Waals surface area contributed by atoms with Crippen molar-refractivity contribution in [2.24, 2.45) is 0 Å². The van der Waals surface area contributed by atoms with Crippen LogP contribution < -0.4 is 15.1 Å². The van der Waals surface area contributed by atoms with Crippen molar-refractivity contribution in [3.8, 4) is 0 Å². The van der Waals surface area contributed by atoms with Gasteiger partial charge in [0.1, 0.15) is 0 Å².